The molecule has 176 valence electrons. The van der Waals surface area contributed by atoms with Crippen LogP contribution >= 0.6 is 0 Å². The number of amides is 1. The van der Waals surface area contributed by atoms with E-state index in [0.29, 0.717) is 35.5 Å². The largest absolute Gasteiger partial charge is 0.481 e. The maximum absolute atomic E-state index is 12.7. The van der Waals surface area contributed by atoms with Gasteiger partial charge in [0, 0.05) is 37.5 Å². The molecule has 1 aliphatic carbocycles. The SMILES string of the molecule is COCOc1ccc2c(c1)C=NC([C@H](O)CNC(=O)c1cc(NC3CCC3)nc(OC)c1)C2. The van der Waals surface area contributed by atoms with E-state index in [1.165, 1.54) is 13.5 Å². The number of ether oxygens (including phenoxy) is 3. The molecule has 1 aromatic heterocycles. The first-order valence-corrected chi connectivity index (χ1v) is 11.1. The monoisotopic (exact) mass is 454 g/mol. The van der Waals surface area contributed by atoms with Gasteiger partial charge < -0.3 is 30.0 Å². The molecule has 1 amide bonds. The van der Waals surface area contributed by atoms with Crippen molar-refractivity contribution in [3.63, 3.8) is 0 Å². The Labute approximate surface area is 193 Å². The molecule has 9 nitrogen and oxygen atoms in total. The standard InChI is InChI=1S/C24H30N4O5/c1-31-14-33-19-7-6-15-9-20(25-12-17(15)8-19)21(29)13-26-24(30)16-10-22(27-18-4-3-5-18)28-23(11-16)32-2/h6-8,10-12,18,20-21,29H,3-5,9,13-14H2,1-2H3,(H,26,30)(H,27,28)/t20?,21-/m1/s1. The van der Waals surface area contributed by atoms with Crippen molar-refractivity contribution < 1.29 is 24.1 Å². The number of anilines is 1. The molecule has 1 aromatic carbocycles. The Hall–Kier alpha value is -3.17. The molecule has 4 rings (SSSR count). The first-order chi connectivity index (χ1) is 16.1. The number of carbonyl (C=O) groups excluding carboxylic acids is 1. The van der Waals surface area contributed by atoms with Gasteiger partial charge in [0.1, 0.15) is 11.6 Å². The Balaban J connectivity index is 1.34. The van der Waals surface area contributed by atoms with Gasteiger partial charge in [0.25, 0.3) is 5.91 Å². The van der Waals surface area contributed by atoms with Gasteiger partial charge in [-0.3, -0.25) is 9.79 Å². The van der Waals surface area contributed by atoms with Crippen LogP contribution in [-0.2, 0) is 11.2 Å². The molecule has 1 fully saturated rings. The van der Waals surface area contributed by atoms with Crippen LogP contribution in [0.3, 0.4) is 0 Å². The zero-order valence-electron chi connectivity index (χ0n) is 18.9. The third-order valence-corrected chi connectivity index (χ3v) is 5.94. The fraction of sp³-hybridized carbons (Fsp3) is 0.458. The van der Waals surface area contributed by atoms with E-state index < -0.39 is 6.10 Å². The number of hydrogen-bond acceptors (Lipinski definition) is 8. The second-order valence-corrected chi connectivity index (χ2v) is 8.29. The van der Waals surface area contributed by atoms with Crippen LogP contribution in [-0.4, -0.2) is 68.0 Å². The lowest BCUT2D eigenvalue weighted by molar-refractivity contribution is 0.0511. The number of rotatable bonds is 10. The molecule has 0 bridgehead atoms. The Bertz CT molecular complexity index is 1010. The average molecular weight is 455 g/mol. The first-order valence-electron chi connectivity index (χ1n) is 11.1. The predicted octanol–water partition coefficient (Wildman–Crippen LogP) is 2.17. The summed E-state index contributed by atoms with van der Waals surface area (Å²) in [6, 6.07) is 9.07. The summed E-state index contributed by atoms with van der Waals surface area (Å²) in [7, 11) is 3.09. The van der Waals surface area contributed by atoms with Gasteiger partial charge in [-0.1, -0.05) is 6.07 Å². The highest BCUT2D eigenvalue weighted by molar-refractivity contribution is 5.95. The molecular formula is C24H30N4O5. The summed E-state index contributed by atoms with van der Waals surface area (Å²) in [5.74, 6) is 1.39. The Kier molecular flexibility index (Phi) is 7.41. The molecule has 3 N–H and O–H groups in total. The molecule has 1 aliphatic heterocycles. The van der Waals surface area contributed by atoms with Crippen molar-refractivity contribution in [1.29, 1.82) is 0 Å². The number of aliphatic hydroxyl groups excluding tert-OH is 1. The fourth-order valence-corrected chi connectivity index (χ4v) is 3.80. The van der Waals surface area contributed by atoms with Crippen molar-refractivity contribution in [2.24, 2.45) is 4.99 Å². The topological polar surface area (TPSA) is 114 Å². The minimum Gasteiger partial charge on any atom is -0.481 e. The number of fused-ring (bicyclic) bond motifs is 1. The third-order valence-electron chi connectivity index (χ3n) is 5.94. The smallest absolute Gasteiger partial charge is 0.251 e. The molecular weight excluding hydrogens is 424 g/mol. The van der Waals surface area contributed by atoms with Gasteiger partial charge in [-0.25, -0.2) is 0 Å². The second kappa shape index (κ2) is 10.6. The highest BCUT2D eigenvalue weighted by atomic mass is 16.7. The summed E-state index contributed by atoms with van der Waals surface area (Å²) in [5.41, 5.74) is 2.44. The van der Waals surface area contributed by atoms with Crippen LogP contribution in [0.25, 0.3) is 0 Å². The van der Waals surface area contributed by atoms with Gasteiger partial charge in [-0.05, 0) is 55.0 Å². The predicted molar refractivity (Wildman–Crippen MR) is 124 cm³/mol. The molecule has 9 heteroatoms. The number of benzene rings is 1. The fourth-order valence-electron chi connectivity index (χ4n) is 3.80. The van der Waals surface area contributed by atoms with Crippen LogP contribution in [0.5, 0.6) is 11.6 Å². The summed E-state index contributed by atoms with van der Waals surface area (Å²) < 4.78 is 15.6. The van der Waals surface area contributed by atoms with E-state index >= 15 is 0 Å². The minimum atomic E-state index is -0.820. The lowest BCUT2D eigenvalue weighted by atomic mass is 9.93. The molecule has 33 heavy (non-hydrogen) atoms. The normalized spacial score (nSPS) is 18.1. The highest BCUT2D eigenvalue weighted by Gasteiger charge is 2.24. The number of hydrogen-bond donors (Lipinski definition) is 3. The van der Waals surface area contributed by atoms with Crippen LogP contribution in [0.1, 0.15) is 40.7 Å². The van der Waals surface area contributed by atoms with Gasteiger partial charge in [-0.2, -0.15) is 4.98 Å². The van der Waals surface area contributed by atoms with Crippen LogP contribution in [0, 0.1) is 0 Å². The lowest BCUT2D eigenvalue weighted by Gasteiger charge is -2.27. The van der Waals surface area contributed by atoms with Crippen LogP contribution in [0.4, 0.5) is 5.82 Å². The number of methoxy groups -OCH3 is 2. The van der Waals surface area contributed by atoms with Crippen LogP contribution in [0.15, 0.2) is 35.3 Å². The summed E-state index contributed by atoms with van der Waals surface area (Å²) in [5, 5.41) is 16.8. The first kappa shape index (κ1) is 23.0. The molecule has 2 heterocycles. The number of aliphatic imine (C=N–C) groups is 1. The van der Waals surface area contributed by atoms with Crippen molar-refractivity contribution in [3.05, 3.63) is 47.0 Å². The zero-order chi connectivity index (χ0) is 23.2. The molecule has 0 radical (unpaired) electrons. The van der Waals surface area contributed by atoms with Crippen molar-refractivity contribution in [2.45, 2.75) is 43.9 Å². The van der Waals surface area contributed by atoms with E-state index in [0.717, 1.165) is 24.0 Å². The van der Waals surface area contributed by atoms with Gasteiger partial charge in [0.2, 0.25) is 5.88 Å². The summed E-state index contributed by atoms with van der Waals surface area (Å²) in [6.07, 6.45) is 4.88. The van der Waals surface area contributed by atoms with E-state index in [4.69, 9.17) is 14.2 Å². The highest BCUT2D eigenvalue weighted by Crippen LogP contribution is 2.25. The van der Waals surface area contributed by atoms with E-state index in [-0.39, 0.29) is 25.3 Å². The second-order valence-electron chi connectivity index (χ2n) is 8.29. The molecule has 0 spiro atoms. The molecule has 1 saturated carbocycles. The van der Waals surface area contributed by atoms with Gasteiger partial charge in [0.15, 0.2) is 6.79 Å². The summed E-state index contributed by atoms with van der Waals surface area (Å²) in [4.78, 5) is 21.6. The van der Waals surface area contributed by atoms with E-state index in [1.807, 2.05) is 18.2 Å². The summed E-state index contributed by atoms with van der Waals surface area (Å²) in [6.45, 7) is 0.264. The Morgan fingerprint density at radius 3 is 2.82 bits per heavy atom. The van der Waals surface area contributed by atoms with Crippen molar-refractivity contribution in [3.8, 4) is 11.6 Å². The quantitative estimate of drug-likeness (QED) is 0.472. The van der Waals surface area contributed by atoms with Crippen molar-refractivity contribution >= 4 is 17.9 Å². The number of pyridine rings is 1. The summed E-state index contributed by atoms with van der Waals surface area (Å²) >= 11 is 0. The van der Waals surface area contributed by atoms with Gasteiger partial charge >= 0.3 is 0 Å². The molecule has 2 aromatic rings. The van der Waals surface area contributed by atoms with Crippen LogP contribution in [0.2, 0.25) is 0 Å². The number of aromatic nitrogens is 1. The maximum atomic E-state index is 12.7. The zero-order valence-corrected chi connectivity index (χ0v) is 18.9. The number of nitrogens with zero attached hydrogens (tertiary/aromatic N) is 2. The van der Waals surface area contributed by atoms with E-state index in [9.17, 15) is 9.90 Å². The molecule has 2 atom stereocenters. The maximum Gasteiger partial charge on any atom is 0.251 e. The minimum absolute atomic E-state index is 0.0846. The number of carbonyl (C=O) groups is 1. The molecule has 1 unspecified atom stereocenters. The van der Waals surface area contributed by atoms with Gasteiger partial charge in [0.05, 0.1) is 19.3 Å². The van der Waals surface area contributed by atoms with Crippen LogP contribution < -0.4 is 20.1 Å². The number of nitrogens with one attached hydrogen (secondary N) is 2. The van der Waals surface area contributed by atoms with Crippen molar-refractivity contribution in [1.82, 2.24) is 10.3 Å². The average Bonchev–Trinajstić information content (AvgIpc) is 2.82. The van der Waals surface area contributed by atoms with E-state index in [1.54, 1.807) is 25.5 Å². The Morgan fingerprint density at radius 2 is 2.09 bits per heavy atom. The number of aliphatic hydroxyl groups is 1. The Morgan fingerprint density at radius 1 is 1.24 bits per heavy atom. The van der Waals surface area contributed by atoms with Gasteiger partial charge in [-0.15, -0.1) is 0 Å². The van der Waals surface area contributed by atoms with E-state index in [2.05, 4.69) is 20.6 Å². The lowest BCUT2D eigenvalue weighted by Crippen LogP contribution is -2.40. The third kappa shape index (κ3) is 5.80. The molecule has 0 saturated heterocycles. The van der Waals surface area contributed by atoms with Crippen molar-refractivity contribution in [2.75, 3.05) is 32.9 Å². The molecule has 2 aliphatic rings.